The van der Waals surface area contributed by atoms with E-state index in [9.17, 15) is 9.59 Å². The van der Waals surface area contributed by atoms with Gasteiger partial charge in [-0.2, -0.15) is 0 Å². The van der Waals surface area contributed by atoms with Crippen molar-refractivity contribution in [2.45, 2.75) is 19.3 Å². The number of piperidine rings is 1. The highest BCUT2D eigenvalue weighted by Crippen LogP contribution is 2.22. The number of pyridine rings is 2. The predicted octanol–water partition coefficient (Wildman–Crippen LogP) is 3.34. The van der Waals surface area contributed by atoms with Crippen molar-refractivity contribution in [1.29, 1.82) is 0 Å². The van der Waals surface area contributed by atoms with Gasteiger partial charge >= 0.3 is 0 Å². The van der Waals surface area contributed by atoms with Gasteiger partial charge in [-0.05, 0) is 68.8 Å². The minimum Gasteiger partial charge on any atom is -0.372 e. The zero-order valence-electron chi connectivity index (χ0n) is 19.8. The SMILES string of the molecule is CNCCN(C)c1cccc(-c2c[nH]c(=O)c(NC(=O)c3ccc(N4CCCCC4)cc3)c2)n1. The summed E-state index contributed by atoms with van der Waals surface area (Å²) in [5, 5.41) is 5.89. The number of aromatic nitrogens is 2. The molecule has 3 heterocycles. The van der Waals surface area contributed by atoms with Crippen molar-refractivity contribution in [2.75, 3.05) is 55.4 Å². The highest BCUT2D eigenvalue weighted by molar-refractivity contribution is 6.04. The molecular weight excluding hydrogens is 428 g/mol. The van der Waals surface area contributed by atoms with Crippen molar-refractivity contribution in [3.05, 3.63) is 70.6 Å². The Kier molecular flexibility index (Phi) is 7.59. The highest BCUT2D eigenvalue weighted by atomic mass is 16.2. The fourth-order valence-corrected chi connectivity index (χ4v) is 4.09. The number of H-pyrrole nitrogens is 1. The lowest BCUT2D eigenvalue weighted by Gasteiger charge is -2.28. The molecule has 3 N–H and O–H groups in total. The molecule has 178 valence electrons. The van der Waals surface area contributed by atoms with Crippen molar-refractivity contribution in [3.63, 3.8) is 0 Å². The molecule has 1 aliphatic rings. The van der Waals surface area contributed by atoms with Gasteiger partial charge in [-0.1, -0.05) is 6.07 Å². The molecular formula is C26H32N6O2. The van der Waals surface area contributed by atoms with Crippen molar-refractivity contribution >= 4 is 23.1 Å². The molecule has 0 bridgehead atoms. The van der Waals surface area contributed by atoms with Crippen LogP contribution < -0.4 is 26.0 Å². The zero-order valence-corrected chi connectivity index (χ0v) is 19.8. The Bertz CT molecular complexity index is 1170. The molecule has 0 saturated carbocycles. The van der Waals surface area contributed by atoms with E-state index in [4.69, 9.17) is 4.98 Å². The van der Waals surface area contributed by atoms with Crippen LogP contribution in [0.15, 0.2) is 59.5 Å². The maximum absolute atomic E-state index is 12.8. The Hall–Kier alpha value is -3.65. The zero-order chi connectivity index (χ0) is 23.9. The van der Waals surface area contributed by atoms with Crippen LogP contribution in [0.1, 0.15) is 29.6 Å². The van der Waals surface area contributed by atoms with Gasteiger partial charge in [0.25, 0.3) is 11.5 Å². The fourth-order valence-electron chi connectivity index (χ4n) is 4.09. The first-order chi connectivity index (χ1) is 16.5. The number of nitrogens with zero attached hydrogens (tertiary/aromatic N) is 3. The minimum atomic E-state index is -0.357. The van der Waals surface area contributed by atoms with E-state index in [-0.39, 0.29) is 17.2 Å². The molecule has 1 aromatic carbocycles. The molecule has 4 rings (SSSR count). The molecule has 34 heavy (non-hydrogen) atoms. The second-order valence-corrected chi connectivity index (χ2v) is 8.59. The summed E-state index contributed by atoms with van der Waals surface area (Å²) in [4.78, 5) is 37.1. The van der Waals surface area contributed by atoms with Gasteiger partial charge in [0, 0.05) is 56.2 Å². The molecule has 0 radical (unpaired) electrons. The maximum atomic E-state index is 12.8. The topological polar surface area (TPSA) is 93.4 Å². The molecule has 3 aromatic rings. The first kappa shape index (κ1) is 23.5. The van der Waals surface area contributed by atoms with E-state index in [0.29, 0.717) is 11.3 Å². The summed E-state index contributed by atoms with van der Waals surface area (Å²) in [6.45, 7) is 3.76. The van der Waals surface area contributed by atoms with Crippen molar-refractivity contribution in [2.24, 2.45) is 0 Å². The summed E-state index contributed by atoms with van der Waals surface area (Å²) in [7, 11) is 3.90. The number of hydrogen-bond acceptors (Lipinski definition) is 6. The van der Waals surface area contributed by atoms with E-state index in [2.05, 4.69) is 25.4 Å². The van der Waals surface area contributed by atoms with Crippen LogP contribution in [-0.2, 0) is 0 Å². The number of likely N-dealkylation sites (N-methyl/N-ethyl adjacent to an activating group) is 2. The molecule has 1 amide bonds. The van der Waals surface area contributed by atoms with Gasteiger partial charge < -0.3 is 25.4 Å². The summed E-state index contributed by atoms with van der Waals surface area (Å²) in [6.07, 6.45) is 5.29. The third kappa shape index (κ3) is 5.63. The number of hydrogen-bond donors (Lipinski definition) is 3. The molecule has 1 aliphatic heterocycles. The number of nitrogens with one attached hydrogen (secondary N) is 3. The summed E-state index contributed by atoms with van der Waals surface area (Å²) >= 11 is 0. The molecule has 0 unspecified atom stereocenters. The molecule has 0 spiro atoms. The van der Waals surface area contributed by atoms with Crippen LogP contribution in [0.5, 0.6) is 0 Å². The number of amides is 1. The van der Waals surface area contributed by atoms with Crippen molar-refractivity contribution in [3.8, 4) is 11.3 Å². The third-order valence-electron chi connectivity index (χ3n) is 6.12. The normalized spacial score (nSPS) is 13.5. The number of benzene rings is 1. The molecule has 0 atom stereocenters. The molecule has 8 heteroatoms. The Morgan fingerprint density at radius 1 is 1.12 bits per heavy atom. The quantitative estimate of drug-likeness (QED) is 0.478. The number of anilines is 3. The van der Waals surface area contributed by atoms with Gasteiger partial charge in [-0.3, -0.25) is 9.59 Å². The van der Waals surface area contributed by atoms with Crippen LogP contribution in [0.2, 0.25) is 0 Å². The molecule has 8 nitrogen and oxygen atoms in total. The van der Waals surface area contributed by atoms with E-state index in [0.717, 1.165) is 43.2 Å². The van der Waals surface area contributed by atoms with Gasteiger partial charge in [0.05, 0.1) is 5.69 Å². The number of carbonyl (C=O) groups is 1. The number of carbonyl (C=O) groups excluding carboxylic acids is 1. The number of rotatable bonds is 8. The minimum absolute atomic E-state index is 0.193. The van der Waals surface area contributed by atoms with E-state index < -0.39 is 0 Å². The monoisotopic (exact) mass is 460 g/mol. The smallest absolute Gasteiger partial charge is 0.271 e. The Morgan fingerprint density at radius 2 is 1.88 bits per heavy atom. The first-order valence-electron chi connectivity index (χ1n) is 11.8. The lowest BCUT2D eigenvalue weighted by molar-refractivity contribution is 0.102. The summed E-state index contributed by atoms with van der Waals surface area (Å²) < 4.78 is 0. The number of aromatic amines is 1. The van der Waals surface area contributed by atoms with Crippen LogP contribution in [0.4, 0.5) is 17.2 Å². The Morgan fingerprint density at radius 3 is 2.62 bits per heavy atom. The van der Waals surface area contributed by atoms with Gasteiger partial charge in [0.1, 0.15) is 11.5 Å². The van der Waals surface area contributed by atoms with E-state index in [1.807, 2.05) is 56.6 Å². The summed E-state index contributed by atoms with van der Waals surface area (Å²) in [6, 6.07) is 15.0. The second kappa shape index (κ2) is 11.0. The van der Waals surface area contributed by atoms with Gasteiger partial charge in [0.2, 0.25) is 0 Å². The summed E-state index contributed by atoms with van der Waals surface area (Å²) in [5.74, 6) is 0.514. The van der Waals surface area contributed by atoms with E-state index in [1.165, 1.54) is 19.3 Å². The van der Waals surface area contributed by atoms with Crippen LogP contribution in [0, 0.1) is 0 Å². The lowest BCUT2D eigenvalue weighted by atomic mass is 10.1. The second-order valence-electron chi connectivity index (χ2n) is 8.59. The van der Waals surface area contributed by atoms with Crippen molar-refractivity contribution < 1.29 is 4.79 Å². The van der Waals surface area contributed by atoms with E-state index >= 15 is 0 Å². The van der Waals surface area contributed by atoms with Crippen LogP contribution in [0.25, 0.3) is 11.3 Å². The lowest BCUT2D eigenvalue weighted by Crippen LogP contribution is -2.29. The average Bonchev–Trinajstić information content (AvgIpc) is 2.89. The van der Waals surface area contributed by atoms with Crippen molar-refractivity contribution in [1.82, 2.24) is 15.3 Å². The van der Waals surface area contributed by atoms with Gasteiger partial charge in [-0.25, -0.2) is 4.98 Å². The molecule has 1 fully saturated rings. The Labute approximate surface area is 200 Å². The summed E-state index contributed by atoms with van der Waals surface area (Å²) in [5.41, 5.74) is 2.91. The maximum Gasteiger partial charge on any atom is 0.271 e. The van der Waals surface area contributed by atoms with E-state index in [1.54, 1.807) is 12.3 Å². The fraction of sp³-hybridized carbons (Fsp3) is 0.346. The van der Waals surface area contributed by atoms with Crippen LogP contribution in [-0.4, -0.2) is 56.1 Å². The third-order valence-corrected chi connectivity index (χ3v) is 6.12. The average molecular weight is 461 g/mol. The van der Waals surface area contributed by atoms with Crippen LogP contribution >= 0.6 is 0 Å². The largest absolute Gasteiger partial charge is 0.372 e. The first-order valence-corrected chi connectivity index (χ1v) is 11.8. The molecule has 1 saturated heterocycles. The van der Waals surface area contributed by atoms with Crippen LogP contribution in [0.3, 0.4) is 0 Å². The van der Waals surface area contributed by atoms with Gasteiger partial charge in [-0.15, -0.1) is 0 Å². The Balaban J connectivity index is 1.49. The van der Waals surface area contributed by atoms with Gasteiger partial charge in [0.15, 0.2) is 0 Å². The molecule has 2 aromatic heterocycles. The molecule has 0 aliphatic carbocycles. The predicted molar refractivity (Wildman–Crippen MR) is 138 cm³/mol. The highest BCUT2D eigenvalue weighted by Gasteiger charge is 2.14. The standard InChI is InChI=1S/C26H32N6O2/c1-27-13-16-31(2)24-8-6-7-22(29-24)20-17-23(26(34)28-18-20)30-25(33)19-9-11-21(12-10-19)32-14-4-3-5-15-32/h6-12,17-18,27H,3-5,13-16H2,1-2H3,(H,28,34)(H,30,33).